The molecular weight excluding hydrogens is 254 g/mol. The van der Waals surface area contributed by atoms with Gasteiger partial charge in [0, 0.05) is 5.02 Å². The molecule has 0 fully saturated rings. The number of carbonyl (C=O) groups excluding carboxylic acids is 2. The van der Waals surface area contributed by atoms with E-state index in [-0.39, 0.29) is 17.7 Å². The zero-order valence-electron chi connectivity index (χ0n) is 10.4. The summed E-state index contributed by atoms with van der Waals surface area (Å²) in [6.07, 6.45) is -0.674. The highest BCUT2D eigenvalue weighted by Gasteiger charge is 2.42. The molecule has 0 saturated carbocycles. The lowest BCUT2D eigenvalue weighted by atomic mass is 9.90. The first-order chi connectivity index (χ1) is 8.47. The quantitative estimate of drug-likeness (QED) is 0.785. The van der Waals surface area contributed by atoms with Crippen LogP contribution in [0.2, 0.25) is 5.02 Å². The van der Waals surface area contributed by atoms with Crippen LogP contribution >= 0.6 is 11.6 Å². The highest BCUT2D eigenvalue weighted by atomic mass is 35.5. The molecule has 1 aliphatic heterocycles. The number of carbonyl (C=O) groups is 2. The molecule has 96 valence electrons. The van der Waals surface area contributed by atoms with Crippen molar-refractivity contribution in [3.63, 3.8) is 0 Å². The van der Waals surface area contributed by atoms with Crippen molar-refractivity contribution < 1.29 is 14.3 Å². The number of fused-ring (bicyclic) bond motifs is 1. The van der Waals surface area contributed by atoms with E-state index in [1.54, 1.807) is 18.2 Å². The fourth-order valence-electron chi connectivity index (χ4n) is 2.29. The van der Waals surface area contributed by atoms with Crippen molar-refractivity contribution in [1.82, 2.24) is 0 Å². The number of nitrogens with zero attached hydrogens (tertiary/aromatic N) is 1. The van der Waals surface area contributed by atoms with Crippen molar-refractivity contribution >= 4 is 29.3 Å². The number of hydrogen-bond donors (Lipinski definition) is 0. The number of hydrogen-bond acceptors (Lipinski definition) is 3. The molecule has 0 spiro atoms. The lowest BCUT2D eigenvalue weighted by Crippen LogP contribution is -2.35. The van der Waals surface area contributed by atoms with Crippen LogP contribution in [0.1, 0.15) is 25.3 Å². The van der Waals surface area contributed by atoms with Gasteiger partial charge in [-0.05, 0) is 23.6 Å². The monoisotopic (exact) mass is 267 g/mol. The molecule has 1 aromatic carbocycles. The molecule has 0 radical (unpaired) electrons. The van der Waals surface area contributed by atoms with E-state index in [4.69, 9.17) is 11.6 Å². The summed E-state index contributed by atoms with van der Waals surface area (Å²) in [7, 11) is 1.25. The lowest BCUT2D eigenvalue weighted by Gasteiger charge is -2.15. The number of ether oxygens (including phenoxy) is 1. The number of anilines is 1. The Morgan fingerprint density at radius 1 is 1.44 bits per heavy atom. The summed E-state index contributed by atoms with van der Waals surface area (Å²) in [6, 6.07) is 5.14. The van der Waals surface area contributed by atoms with E-state index in [1.807, 2.05) is 13.8 Å². The highest BCUT2D eigenvalue weighted by molar-refractivity contribution is 6.31. The third-order valence-corrected chi connectivity index (χ3v) is 3.31. The molecule has 1 aliphatic rings. The molecular formula is C13H14ClNO3. The van der Waals surface area contributed by atoms with Gasteiger partial charge in [0.1, 0.15) is 0 Å². The first kappa shape index (κ1) is 12.9. The van der Waals surface area contributed by atoms with E-state index in [0.717, 1.165) is 10.5 Å². The van der Waals surface area contributed by atoms with Crippen LogP contribution < -0.4 is 4.90 Å². The number of methoxy groups -OCH3 is 1. The Morgan fingerprint density at radius 2 is 2.11 bits per heavy atom. The molecule has 1 unspecified atom stereocenters. The largest absolute Gasteiger partial charge is 0.452 e. The average Bonchev–Trinajstić information content (AvgIpc) is 2.59. The Hall–Kier alpha value is -1.55. The fourth-order valence-corrected chi connectivity index (χ4v) is 2.45. The van der Waals surface area contributed by atoms with Crippen molar-refractivity contribution in [1.29, 1.82) is 0 Å². The van der Waals surface area contributed by atoms with Crippen LogP contribution in [0, 0.1) is 5.92 Å². The maximum atomic E-state index is 12.3. The fraction of sp³-hybridized carbons (Fsp3) is 0.385. The molecule has 0 saturated heterocycles. The molecule has 1 aromatic rings. The van der Waals surface area contributed by atoms with Gasteiger partial charge < -0.3 is 4.74 Å². The van der Waals surface area contributed by atoms with Crippen molar-refractivity contribution in [2.45, 2.75) is 19.8 Å². The topological polar surface area (TPSA) is 46.6 Å². The van der Waals surface area contributed by atoms with Gasteiger partial charge in [0.05, 0.1) is 18.7 Å². The molecule has 2 amide bonds. The van der Waals surface area contributed by atoms with Crippen LogP contribution in [-0.4, -0.2) is 19.1 Å². The summed E-state index contributed by atoms with van der Waals surface area (Å²) in [5.74, 6) is -0.474. The summed E-state index contributed by atoms with van der Waals surface area (Å²) in [5, 5.41) is 0.486. The van der Waals surface area contributed by atoms with Gasteiger partial charge in [-0.2, -0.15) is 0 Å². The second-order valence-corrected chi connectivity index (χ2v) is 5.00. The molecule has 4 nitrogen and oxygen atoms in total. The Kier molecular flexibility index (Phi) is 3.30. The smallest absolute Gasteiger partial charge is 0.420 e. The Bertz CT molecular complexity index is 513. The van der Waals surface area contributed by atoms with Gasteiger partial charge in [0.2, 0.25) is 5.91 Å². The van der Waals surface area contributed by atoms with E-state index in [2.05, 4.69) is 4.74 Å². The van der Waals surface area contributed by atoms with Gasteiger partial charge >= 0.3 is 6.09 Å². The second kappa shape index (κ2) is 4.61. The maximum Gasteiger partial charge on any atom is 0.420 e. The van der Waals surface area contributed by atoms with Crippen LogP contribution in [0.3, 0.4) is 0 Å². The van der Waals surface area contributed by atoms with Crippen molar-refractivity contribution in [2.75, 3.05) is 12.0 Å². The minimum Gasteiger partial charge on any atom is -0.452 e. The van der Waals surface area contributed by atoms with Gasteiger partial charge in [-0.25, -0.2) is 9.69 Å². The van der Waals surface area contributed by atoms with Crippen molar-refractivity contribution in [3.05, 3.63) is 28.8 Å². The molecule has 0 aliphatic carbocycles. The second-order valence-electron chi connectivity index (χ2n) is 4.57. The first-order valence-electron chi connectivity index (χ1n) is 5.68. The number of imide groups is 1. The molecule has 0 bridgehead atoms. The number of rotatable bonds is 1. The first-order valence-corrected chi connectivity index (χ1v) is 6.06. The summed E-state index contributed by atoms with van der Waals surface area (Å²) in [6.45, 7) is 3.89. The highest BCUT2D eigenvalue weighted by Crippen LogP contribution is 2.42. The SMILES string of the molecule is COC(=O)N1C(=O)C(C(C)C)c2ccc(Cl)cc21. The standard InChI is InChI=1S/C13H14ClNO3/c1-7(2)11-9-5-4-8(14)6-10(9)15(12(11)16)13(17)18-3/h4-7,11H,1-3H3. The van der Waals surface area contributed by atoms with Crippen LogP contribution in [0.5, 0.6) is 0 Å². The van der Waals surface area contributed by atoms with Gasteiger partial charge in [0.25, 0.3) is 0 Å². The average molecular weight is 268 g/mol. The van der Waals surface area contributed by atoms with Gasteiger partial charge in [-0.15, -0.1) is 0 Å². The maximum absolute atomic E-state index is 12.3. The normalized spacial score (nSPS) is 18.2. The van der Waals surface area contributed by atoms with Crippen LogP contribution in [-0.2, 0) is 9.53 Å². The third kappa shape index (κ3) is 1.86. The molecule has 0 aromatic heterocycles. The molecule has 18 heavy (non-hydrogen) atoms. The molecule has 1 atom stereocenters. The van der Waals surface area contributed by atoms with E-state index in [0.29, 0.717) is 10.7 Å². The molecule has 2 rings (SSSR count). The predicted octanol–water partition coefficient (Wildman–Crippen LogP) is 3.19. The summed E-state index contributed by atoms with van der Waals surface area (Å²) in [4.78, 5) is 25.1. The van der Waals surface area contributed by atoms with E-state index in [9.17, 15) is 9.59 Å². The Labute approximate surface area is 110 Å². The van der Waals surface area contributed by atoms with Gasteiger partial charge in [0.15, 0.2) is 0 Å². The van der Waals surface area contributed by atoms with Crippen LogP contribution in [0.15, 0.2) is 18.2 Å². The summed E-state index contributed by atoms with van der Waals surface area (Å²) in [5.41, 5.74) is 1.35. The van der Waals surface area contributed by atoms with Crippen molar-refractivity contribution in [3.8, 4) is 0 Å². The van der Waals surface area contributed by atoms with E-state index >= 15 is 0 Å². The minimum absolute atomic E-state index is 0.104. The zero-order valence-corrected chi connectivity index (χ0v) is 11.2. The van der Waals surface area contributed by atoms with Gasteiger partial charge in [-0.1, -0.05) is 31.5 Å². The third-order valence-electron chi connectivity index (χ3n) is 3.08. The van der Waals surface area contributed by atoms with E-state index < -0.39 is 6.09 Å². The van der Waals surface area contributed by atoms with E-state index in [1.165, 1.54) is 7.11 Å². The number of amides is 2. The Balaban J connectivity index is 2.57. The number of halogens is 1. The summed E-state index contributed by atoms with van der Waals surface area (Å²) < 4.78 is 4.65. The molecule has 0 N–H and O–H groups in total. The zero-order chi connectivity index (χ0) is 13.4. The van der Waals surface area contributed by atoms with Crippen LogP contribution in [0.25, 0.3) is 0 Å². The van der Waals surface area contributed by atoms with Gasteiger partial charge in [-0.3, -0.25) is 4.79 Å². The number of benzene rings is 1. The molecule has 5 heteroatoms. The predicted molar refractivity (Wildman–Crippen MR) is 68.9 cm³/mol. The summed E-state index contributed by atoms with van der Waals surface area (Å²) >= 11 is 5.92. The Morgan fingerprint density at radius 3 is 2.67 bits per heavy atom. The van der Waals surface area contributed by atoms with Crippen LogP contribution in [0.4, 0.5) is 10.5 Å². The minimum atomic E-state index is -0.674. The lowest BCUT2D eigenvalue weighted by molar-refractivity contribution is -0.119. The van der Waals surface area contributed by atoms with Crippen molar-refractivity contribution in [2.24, 2.45) is 5.92 Å². The molecule has 1 heterocycles.